The van der Waals surface area contributed by atoms with Crippen molar-refractivity contribution in [1.82, 2.24) is 19.3 Å². The summed E-state index contributed by atoms with van der Waals surface area (Å²) in [5.74, 6) is 0.454. The Bertz CT molecular complexity index is 815. The highest BCUT2D eigenvalue weighted by Gasteiger charge is 2.18. The minimum atomic E-state index is 0.454. The van der Waals surface area contributed by atoms with E-state index in [9.17, 15) is 0 Å². The van der Waals surface area contributed by atoms with Crippen molar-refractivity contribution in [3.63, 3.8) is 0 Å². The molecule has 0 aliphatic carbocycles. The number of fused-ring (bicyclic) bond motifs is 1. The van der Waals surface area contributed by atoms with Crippen molar-refractivity contribution < 1.29 is 0 Å². The molecule has 2 N–H and O–H groups in total. The molecule has 0 fully saturated rings. The van der Waals surface area contributed by atoms with Crippen molar-refractivity contribution in [2.24, 2.45) is 7.05 Å². The smallest absolute Gasteiger partial charge is 0.207 e. The molecular weight excluding hydrogens is 286 g/mol. The molecule has 3 aromatic rings. The van der Waals surface area contributed by atoms with E-state index >= 15 is 0 Å². The van der Waals surface area contributed by atoms with Gasteiger partial charge >= 0.3 is 0 Å². The predicted octanol–water partition coefficient (Wildman–Crippen LogP) is 3.26. The number of rotatable bonds is 3. The van der Waals surface area contributed by atoms with E-state index in [-0.39, 0.29) is 0 Å². The fourth-order valence-electron chi connectivity index (χ4n) is 2.58. The van der Waals surface area contributed by atoms with Gasteiger partial charge in [-0.2, -0.15) is 5.10 Å². The Morgan fingerprint density at radius 2 is 2.10 bits per heavy atom. The van der Waals surface area contributed by atoms with Gasteiger partial charge in [-0.1, -0.05) is 31.0 Å². The molecule has 0 atom stereocenters. The first-order valence-corrected chi connectivity index (χ1v) is 7.37. The number of nitrogens with zero attached hydrogens (tertiary/aromatic N) is 4. The summed E-state index contributed by atoms with van der Waals surface area (Å²) < 4.78 is 3.73. The first-order valence-electron chi connectivity index (χ1n) is 6.99. The van der Waals surface area contributed by atoms with Crippen LogP contribution in [0.2, 0.25) is 5.02 Å². The van der Waals surface area contributed by atoms with Crippen molar-refractivity contribution in [1.29, 1.82) is 0 Å². The van der Waals surface area contributed by atoms with Crippen molar-refractivity contribution in [3.8, 4) is 5.69 Å². The number of anilines is 1. The summed E-state index contributed by atoms with van der Waals surface area (Å²) in [6, 6.07) is 5.87. The van der Waals surface area contributed by atoms with Gasteiger partial charge in [-0.15, -0.1) is 0 Å². The first-order chi connectivity index (χ1) is 10.0. The van der Waals surface area contributed by atoms with E-state index in [1.807, 2.05) is 41.4 Å². The van der Waals surface area contributed by atoms with E-state index in [0.717, 1.165) is 41.0 Å². The molecule has 0 unspecified atom stereocenters. The molecule has 21 heavy (non-hydrogen) atoms. The first kappa shape index (κ1) is 13.9. The number of hydrogen-bond acceptors (Lipinski definition) is 3. The highest BCUT2D eigenvalue weighted by atomic mass is 35.5. The Morgan fingerprint density at radius 1 is 1.33 bits per heavy atom. The second-order valence-electron chi connectivity index (χ2n) is 5.23. The summed E-state index contributed by atoms with van der Waals surface area (Å²) in [4.78, 5) is 4.50. The van der Waals surface area contributed by atoms with Crippen LogP contribution in [0.5, 0.6) is 0 Å². The van der Waals surface area contributed by atoms with Gasteiger partial charge in [0.1, 0.15) is 5.52 Å². The second kappa shape index (κ2) is 5.07. The van der Waals surface area contributed by atoms with Gasteiger partial charge in [0.25, 0.3) is 0 Å². The lowest BCUT2D eigenvalue weighted by Gasteiger charge is -2.08. The summed E-state index contributed by atoms with van der Waals surface area (Å²) in [6.45, 7) is 4.10. The Morgan fingerprint density at radius 3 is 2.76 bits per heavy atom. The zero-order valence-corrected chi connectivity index (χ0v) is 13.1. The Balaban J connectivity index is 2.27. The fraction of sp³-hybridized carbons (Fsp3) is 0.333. The number of nitrogens with two attached hydrogens (primary N) is 1. The predicted molar refractivity (Wildman–Crippen MR) is 86.0 cm³/mol. The quantitative estimate of drug-likeness (QED) is 0.808. The SMILES string of the molecule is CCCc1nn(C)c2c1nc(N)n2-c1ccc(C)c(Cl)c1. The minimum absolute atomic E-state index is 0.454. The molecule has 2 heterocycles. The highest BCUT2D eigenvalue weighted by molar-refractivity contribution is 6.31. The molecule has 0 radical (unpaired) electrons. The van der Waals surface area contributed by atoms with Crippen LogP contribution in [0.3, 0.4) is 0 Å². The summed E-state index contributed by atoms with van der Waals surface area (Å²) >= 11 is 6.23. The third-order valence-corrected chi connectivity index (χ3v) is 4.04. The zero-order valence-electron chi connectivity index (χ0n) is 12.4. The monoisotopic (exact) mass is 303 g/mol. The summed E-state index contributed by atoms with van der Waals surface area (Å²) in [5, 5.41) is 5.26. The molecule has 6 heteroatoms. The van der Waals surface area contributed by atoms with Gasteiger partial charge in [0, 0.05) is 12.1 Å². The van der Waals surface area contributed by atoms with E-state index in [1.54, 1.807) is 0 Å². The molecule has 110 valence electrons. The molecular formula is C15H18ClN5. The highest BCUT2D eigenvalue weighted by Crippen LogP contribution is 2.28. The summed E-state index contributed by atoms with van der Waals surface area (Å²) in [6.07, 6.45) is 1.91. The number of imidazole rings is 1. The molecule has 0 aliphatic heterocycles. The van der Waals surface area contributed by atoms with Crippen LogP contribution in [-0.4, -0.2) is 19.3 Å². The maximum atomic E-state index is 6.23. The van der Waals surface area contributed by atoms with Gasteiger partial charge in [-0.05, 0) is 31.0 Å². The van der Waals surface area contributed by atoms with Crippen LogP contribution in [0.25, 0.3) is 16.9 Å². The van der Waals surface area contributed by atoms with Crippen LogP contribution < -0.4 is 5.73 Å². The zero-order chi connectivity index (χ0) is 15.1. The largest absolute Gasteiger partial charge is 0.369 e. The molecule has 0 aliphatic rings. The van der Waals surface area contributed by atoms with E-state index < -0.39 is 0 Å². The van der Waals surface area contributed by atoms with Gasteiger partial charge in [0.2, 0.25) is 5.95 Å². The van der Waals surface area contributed by atoms with Gasteiger partial charge in [0.15, 0.2) is 5.65 Å². The minimum Gasteiger partial charge on any atom is -0.369 e. The molecule has 0 saturated carbocycles. The number of aromatic nitrogens is 4. The number of halogens is 1. The average molecular weight is 304 g/mol. The number of benzene rings is 1. The maximum Gasteiger partial charge on any atom is 0.207 e. The van der Waals surface area contributed by atoms with Gasteiger partial charge in [-0.25, -0.2) is 9.67 Å². The number of hydrogen-bond donors (Lipinski definition) is 1. The van der Waals surface area contributed by atoms with Gasteiger partial charge in [0.05, 0.1) is 11.4 Å². The van der Waals surface area contributed by atoms with Crippen LogP contribution in [-0.2, 0) is 13.5 Å². The van der Waals surface area contributed by atoms with Crippen LogP contribution >= 0.6 is 11.6 Å². The molecule has 0 spiro atoms. The van der Waals surface area contributed by atoms with Crippen LogP contribution in [0, 0.1) is 6.92 Å². The number of nitrogen functional groups attached to an aromatic ring is 1. The van der Waals surface area contributed by atoms with Crippen molar-refractivity contribution in [3.05, 3.63) is 34.5 Å². The second-order valence-corrected chi connectivity index (χ2v) is 5.64. The number of aryl methyl sites for hydroxylation is 3. The lowest BCUT2D eigenvalue weighted by Crippen LogP contribution is -2.05. The Hall–Kier alpha value is -2.01. The van der Waals surface area contributed by atoms with Gasteiger partial charge < -0.3 is 5.73 Å². The molecule has 2 aromatic heterocycles. The average Bonchev–Trinajstić information content (AvgIpc) is 2.92. The van der Waals surface area contributed by atoms with E-state index in [2.05, 4.69) is 17.0 Å². The van der Waals surface area contributed by atoms with E-state index in [4.69, 9.17) is 17.3 Å². The van der Waals surface area contributed by atoms with E-state index in [1.165, 1.54) is 0 Å². The fourth-order valence-corrected chi connectivity index (χ4v) is 2.75. The normalized spacial score (nSPS) is 11.4. The summed E-state index contributed by atoms with van der Waals surface area (Å²) in [7, 11) is 1.91. The molecule has 1 aromatic carbocycles. The van der Waals surface area contributed by atoms with Crippen molar-refractivity contribution >= 4 is 28.7 Å². The maximum absolute atomic E-state index is 6.23. The lowest BCUT2D eigenvalue weighted by molar-refractivity contribution is 0.738. The molecule has 0 bridgehead atoms. The van der Waals surface area contributed by atoms with Crippen molar-refractivity contribution in [2.75, 3.05) is 5.73 Å². The Labute approximate surface area is 128 Å². The van der Waals surface area contributed by atoms with E-state index in [0.29, 0.717) is 11.0 Å². The van der Waals surface area contributed by atoms with Crippen LogP contribution in [0.4, 0.5) is 5.95 Å². The third kappa shape index (κ3) is 2.17. The topological polar surface area (TPSA) is 61.7 Å². The Kier molecular flexibility index (Phi) is 3.37. The summed E-state index contributed by atoms with van der Waals surface area (Å²) in [5.41, 5.74) is 10.8. The molecule has 0 amide bonds. The lowest BCUT2D eigenvalue weighted by atomic mass is 10.2. The van der Waals surface area contributed by atoms with Crippen molar-refractivity contribution in [2.45, 2.75) is 26.7 Å². The molecule has 0 saturated heterocycles. The molecule has 5 nitrogen and oxygen atoms in total. The third-order valence-electron chi connectivity index (χ3n) is 3.63. The van der Waals surface area contributed by atoms with Crippen LogP contribution in [0.1, 0.15) is 24.6 Å². The standard InChI is InChI=1S/C15H18ClN5/c1-4-5-12-13-14(20(3)19-12)21(15(17)18-13)10-7-6-9(2)11(16)8-10/h6-8H,4-5H2,1-3H3,(H2,17,18). The van der Waals surface area contributed by atoms with Gasteiger partial charge in [-0.3, -0.25) is 4.57 Å². The van der Waals surface area contributed by atoms with Crippen LogP contribution in [0.15, 0.2) is 18.2 Å². The molecule has 3 rings (SSSR count).